The molecule has 0 unspecified atom stereocenters. The summed E-state index contributed by atoms with van der Waals surface area (Å²) >= 11 is 0. The van der Waals surface area contributed by atoms with Gasteiger partial charge < -0.3 is 14.2 Å². The number of aromatic nitrogens is 1. The van der Waals surface area contributed by atoms with E-state index in [1.807, 2.05) is 18.2 Å². The number of hydrogen-bond acceptors (Lipinski definition) is 5. The van der Waals surface area contributed by atoms with Crippen LogP contribution in [-0.2, 0) is 16.8 Å². The maximum atomic E-state index is 13.4. The fraction of sp³-hybridized carbons (Fsp3) is 0.545. The Labute approximate surface area is 250 Å². The van der Waals surface area contributed by atoms with Gasteiger partial charge in [0.25, 0.3) is 5.91 Å². The maximum absolute atomic E-state index is 13.4. The van der Waals surface area contributed by atoms with Crippen LogP contribution in [0.3, 0.4) is 0 Å². The minimum absolute atomic E-state index is 0.279. The van der Waals surface area contributed by atoms with Crippen LogP contribution in [-0.4, -0.2) is 67.4 Å². The molecule has 0 spiro atoms. The van der Waals surface area contributed by atoms with Gasteiger partial charge in [0, 0.05) is 54.1 Å². The lowest BCUT2D eigenvalue weighted by molar-refractivity contribution is 0.0979. The van der Waals surface area contributed by atoms with Crippen LogP contribution in [0.4, 0.5) is 0 Å². The third kappa shape index (κ3) is 5.71. The number of fused-ring (bicyclic) bond motifs is 4. The van der Waals surface area contributed by atoms with Crippen molar-refractivity contribution in [2.24, 2.45) is 5.92 Å². The first-order chi connectivity index (χ1) is 20.2. The van der Waals surface area contributed by atoms with Gasteiger partial charge >= 0.3 is 10.2 Å². The standard InChI is InChI=1S/C33H44N4O4S/c1-23(2)36-18-9-17-35(3)42(39,40)34-33(38)26-14-15-27-29(20-26)37-21-24(16-19-36)22-41-30-13-8-7-12-28(30)32(37)31(27)25-10-5-4-6-11-25/h7-8,12-15,20,23-25H,4-6,9-11,16-19,21-22H2,1-3H3,(H,34,38)/t24-/m0/s1. The Bertz CT molecular complexity index is 1560. The monoisotopic (exact) mass is 592 g/mol. The largest absolute Gasteiger partial charge is 0.493 e. The highest BCUT2D eigenvalue weighted by atomic mass is 32.2. The van der Waals surface area contributed by atoms with Gasteiger partial charge in [0.05, 0.1) is 12.3 Å². The minimum atomic E-state index is -3.96. The zero-order valence-corrected chi connectivity index (χ0v) is 26.0. The quantitative estimate of drug-likeness (QED) is 0.408. The molecule has 2 aliphatic heterocycles. The molecule has 42 heavy (non-hydrogen) atoms. The van der Waals surface area contributed by atoms with Gasteiger partial charge in [-0.1, -0.05) is 37.5 Å². The maximum Gasteiger partial charge on any atom is 0.303 e. The molecule has 1 aliphatic carbocycles. The first-order valence-electron chi connectivity index (χ1n) is 15.6. The molecule has 0 saturated heterocycles. The fourth-order valence-electron chi connectivity index (χ4n) is 7.13. The van der Waals surface area contributed by atoms with Gasteiger partial charge in [-0.05, 0) is 88.4 Å². The van der Waals surface area contributed by atoms with Gasteiger partial charge in [0.15, 0.2) is 0 Å². The Hall–Kier alpha value is -2.88. The molecule has 3 heterocycles. The van der Waals surface area contributed by atoms with Gasteiger partial charge in [-0.25, -0.2) is 4.72 Å². The molecule has 9 heteroatoms. The molecule has 1 amide bonds. The molecule has 3 aliphatic rings. The number of benzene rings is 2. The fourth-order valence-corrected chi connectivity index (χ4v) is 8.01. The molecule has 0 radical (unpaired) electrons. The minimum Gasteiger partial charge on any atom is -0.493 e. The number of hydrogen-bond donors (Lipinski definition) is 1. The van der Waals surface area contributed by atoms with E-state index < -0.39 is 16.1 Å². The van der Waals surface area contributed by atoms with E-state index in [9.17, 15) is 13.2 Å². The van der Waals surface area contributed by atoms with Gasteiger partial charge in [-0.3, -0.25) is 4.79 Å². The summed E-state index contributed by atoms with van der Waals surface area (Å²) in [6.45, 7) is 7.83. The average Bonchev–Trinajstić information content (AvgIpc) is 3.28. The second kappa shape index (κ2) is 12.0. The molecule has 1 aromatic heterocycles. The Kier molecular flexibility index (Phi) is 8.35. The number of nitrogens with one attached hydrogen (secondary N) is 1. The van der Waals surface area contributed by atoms with Crippen LogP contribution >= 0.6 is 0 Å². The lowest BCUT2D eigenvalue weighted by atomic mass is 9.81. The Balaban J connectivity index is 1.55. The number of amides is 1. The summed E-state index contributed by atoms with van der Waals surface area (Å²) in [4.78, 5) is 15.8. The van der Waals surface area contributed by atoms with Crippen LogP contribution < -0.4 is 9.46 Å². The molecule has 1 atom stereocenters. The highest BCUT2D eigenvalue weighted by Gasteiger charge is 2.31. The van der Waals surface area contributed by atoms with E-state index in [-0.39, 0.29) is 5.92 Å². The summed E-state index contributed by atoms with van der Waals surface area (Å²) in [6.07, 6.45) is 7.64. The van der Waals surface area contributed by atoms with Gasteiger partial charge in [-0.15, -0.1) is 0 Å². The van der Waals surface area contributed by atoms with Crippen LogP contribution in [0.5, 0.6) is 5.75 Å². The third-order valence-corrected chi connectivity index (χ3v) is 11.0. The molecule has 1 saturated carbocycles. The summed E-state index contributed by atoms with van der Waals surface area (Å²) in [5.74, 6) is 1.02. The zero-order chi connectivity index (χ0) is 29.4. The average molecular weight is 593 g/mol. The molecule has 1 N–H and O–H groups in total. The smallest absolute Gasteiger partial charge is 0.303 e. The number of carbonyl (C=O) groups is 1. The van der Waals surface area contributed by atoms with Gasteiger partial charge in [-0.2, -0.15) is 12.7 Å². The molecule has 2 aromatic carbocycles. The molecular weight excluding hydrogens is 548 g/mol. The second-order valence-electron chi connectivity index (χ2n) is 12.6. The van der Waals surface area contributed by atoms with Crippen molar-refractivity contribution in [1.29, 1.82) is 0 Å². The lowest BCUT2D eigenvalue weighted by Gasteiger charge is -2.31. The van der Waals surface area contributed by atoms with Gasteiger partial charge in [0.1, 0.15) is 5.75 Å². The number of carbonyl (C=O) groups excluding carboxylic acids is 1. The molecule has 8 nitrogen and oxygen atoms in total. The summed E-state index contributed by atoms with van der Waals surface area (Å²) in [6, 6.07) is 14.4. The lowest BCUT2D eigenvalue weighted by Crippen LogP contribution is -2.43. The predicted molar refractivity (Wildman–Crippen MR) is 167 cm³/mol. The molecule has 4 bridgehead atoms. The molecule has 6 rings (SSSR count). The number of rotatable bonds is 2. The summed E-state index contributed by atoms with van der Waals surface area (Å²) in [7, 11) is -2.43. The predicted octanol–water partition coefficient (Wildman–Crippen LogP) is 5.78. The van der Waals surface area contributed by atoms with Crippen molar-refractivity contribution in [1.82, 2.24) is 18.5 Å². The van der Waals surface area contributed by atoms with Crippen molar-refractivity contribution >= 4 is 27.0 Å². The van der Waals surface area contributed by atoms with Crippen LogP contribution in [0.2, 0.25) is 0 Å². The number of para-hydroxylation sites is 1. The van der Waals surface area contributed by atoms with Crippen LogP contribution in [0.1, 0.15) is 80.6 Å². The van der Waals surface area contributed by atoms with Crippen LogP contribution in [0.15, 0.2) is 42.5 Å². The van der Waals surface area contributed by atoms with E-state index in [4.69, 9.17) is 4.74 Å². The van der Waals surface area contributed by atoms with Crippen molar-refractivity contribution < 1.29 is 17.9 Å². The van der Waals surface area contributed by atoms with Crippen LogP contribution in [0, 0.1) is 5.92 Å². The first-order valence-corrected chi connectivity index (χ1v) is 17.1. The number of ether oxygens (including phenoxy) is 1. The number of nitrogens with zero attached hydrogens (tertiary/aromatic N) is 3. The topological polar surface area (TPSA) is 83.9 Å². The highest BCUT2D eigenvalue weighted by molar-refractivity contribution is 7.87. The van der Waals surface area contributed by atoms with Crippen LogP contribution in [0.25, 0.3) is 22.2 Å². The second-order valence-corrected chi connectivity index (χ2v) is 14.4. The van der Waals surface area contributed by atoms with E-state index in [1.54, 1.807) is 6.07 Å². The Morgan fingerprint density at radius 1 is 0.952 bits per heavy atom. The van der Waals surface area contributed by atoms with E-state index in [0.717, 1.165) is 61.1 Å². The van der Waals surface area contributed by atoms with E-state index in [0.29, 0.717) is 37.1 Å². The summed E-state index contributed by atoms with van der Waals surface area (Å²) in [5.41, 5.74) is 5.00. The zero-order valence-electron chi connectivity index (χ0n) is 25.1. The molecular formula is C33H44N4O4S. The van der Waals surface area contributed by atoms with Crippen molar-refractivity contribution in [2.45, 2.75) is 77.3 Å². The third-order valence-electron chi connectivity index (χ3n) is 9.54. The van der Waals surface area contributed by atoms with E-state index in [2.05, 4.69) is 46.2 Å². The molecule has 3 aromatic rings. The summed E-state index contributed by atoms with van der Waals surface area (Å²) < 4.78 is 38.7. The Morgan fingerprint density at radius 3 is 2.52 bits per heavy atom. The molecule has 1 fully saturated rings. The van der Waals surface area contributed by atoms with Crippen molar-refractivity contribution in [2.75, 3.05) is 33.3 Å². The van der Waals surface area contributed by atoms with E-state index in [1.165, 1.54) is 41.9 Å². The Morgan fingerprint density at radius 2 is 1.74 bits per heavy atom. The van der Waals surface area contributed by atoms with Crippen molar-refractivity contribution in [3.8, 4) is 17.0 Å². The van der Waals surface area contributed by atoms with Gasteiger partial charge in [0.2, 0.25) is 0 Å². The normalized spacial score (nSPS) is 23.0. The summed E-state index contributed by atoms with van der Waals surface area (Å²) in [5, 5.41) is 1.16. The van der Waals surface area contributed by atoms with Crippen molar-refractivity contribution in [3.05, 3.63) is 53.6 Å². The molecule has 226 valence electrons. The SMILES string of the molecule is CC(C)N1CCCN(C)S(=O)(=O)NC(=O)c2ccc3c(C4CCCCC4)c4n(c3c2)C[C@H](CC1)COc1ccccc1-4. The highest BCUT2D eigenvalue weighted by Crippen LogP contribution is 2.47. The van der Waals surface area contributed by atoms with E-state index >= 15 is 0 Å². The first kappa shape index (κ1) is 29.2. The van der Waals surface area contributed by atoms with Crippen molar-refractivity contribution in [3.63, 3.8) is 0 Å².